The monoisotopic (exact) mass is 557 g/mol. The van der Waals surface area contributed by atoms with Gasteiger partial charge in [0.2, 0.25) is 5.28 Å². The molecular formula is C27H33ClFN7O3. The van der Waals surface area contributed by atoms with Crippen LogP contribution < -0.4 is 9.64 Å². The van der Waals surface area contributed by atoms with Crippen molar-refractivity contribution in [1.29, 1.82) is 0 Å². The molecule has 10 nitrogen and oxygen atoms in total. The number of benzene rings is 1. The van der Waals surface area contributed by atoms with Gasteiger partial charge < -0.3 is 19.3 Å². The van der Waals surface area contributed by atoms with Crippen LogP contribution in [0.1, 0.15) is 53.5 Å². The third kappa shape index (κ3) is 5.78. The van der Waals surface area contributed by atoms with E-state index in [4.69, 9.17) is 21.1 Å². The minimum atomic E-state index is -0.520. The third-order valence-electron chi connectivity index (χ3n) is 7.02. The van der Waals surface area contributed by atoms with Crippen LogP contribution >= 0.6 is 11.6 Å². The molecule has 2 fully saturated rings. The number of carbonyl (C=O) groups is 1. The van der Waals surface area contributed by atoms with E-state index in [1.54, 1.807) is 21.8 Å². The molecule has 5 rings (SSSR count). The van der Waals surface area contributed by atoms with Crippen molar-refractivity contribution < 1.29 is 18.7 Å². The molecule has 0 radical (unpaired) electrons. The van der Waals surface area contributed by atoms with Gasteiger partial charge in [-0.2, -0.15) is 10.1 Å². The van der Waals surface area contributed by atoms with E-state index in [-0.39, 0.29) is 28.7 Å². The van der Waals surface area contributed by atoms with Crippen molar-refractivity contribution in [3.05, 3.63) is 41.6 Å². The molecule has 4 heterocycles. The lowest BCUT2D eigenvalue weighted by Crippen LogP contribution is -2.61. The molecule has 208 valence electrons. The standard InChI is InChI=1S/C27H33ClFN7O3/c1-17(2)36-20(8-11-30-36)19-14-18(29)6-7-21(19)38-23-22(31-24(28)33-32-23)35-15-27(16-35)9-12-34(13-10-27)25(37)39-26(3,4)5/h6-8,11,14,17H,9-10,12-13,15-16H2,1-5H3. The number of likely N-dealkylation sites (tertiary alicyclic amines) is 1. The Kier molecular flexibility index (Phi) is 7.13. The predicted octanol–water partition coefficient (Wildman–Crippen LogP) is 5.74. The molecule has 1 amide bonds. The number of rotatable bonds is 5. The van der Waals surface area contributed by atoms with Gasteiger partial charge in [0.15, 0.2) is 5.82 Å². The number of nitrogens with zero attached hydrogens (tertiary/aromatic N) is 7. The van der Waals surface area contributed by atoms with Gasteiger partial charge in [0.1, 0.15) is 17.2 Å². The fourth-order valence-electron chi connectivity index (χ4n) is 5.12. The fourth-order valence-corrected chi connectivity index (χ4v) is 5.23. The Morgan fingerprint density at radius 3 is 2.51 bits per heavy atom. The summed E-state index contributed by atoms with van der Waals surface area (Å²) in [5.41, 5.74) is 0.792. The lowest BCUT2D eigenvalue weighted by molar-refractivity contribution is 0.00585. The molecule has 0 bridgehead atoms. The summed E-state index contributed by atoms with van der Waals surface area (Å²) < 4.78 is 27.9. The highest BCUT2D eigenvalue weighted by molar-refractivity contribution is 6.28. The summed E-state index contributed by atoms with van der Waals surface area (Å²) in [7, 11) is 0. The molecule has 1 spiro atoms. The highest BCUT2D eigenvalue weighted by Crippen LogP contribution is 2.45. The van der Waals surface area contributed by atoms with E-state index in [0.29, 0.717) is 30.2 Å². The van der Waals surface area contributed by atoms with Crippen LogP contribution in [0.25, 0.3) is 11.3 Å². The molecule has 0 saturated carbocycles. The van der Waals surface area contributed by atoms with Crippen molar-refractivity contribution in [3.8, 4) is 22.9 Å². The van der Waals surface area contributed by atoms with Gasteiger partial charge >= 0.3 is 6.09 Å². The molecule has 3 aromatic rings. The third-order valence-corrected chi connectivity index (χ3v) is 7.18. The quantitative estimate of drug-likeness (QED) is 0.392. The molecule has 12 heteroatoms. The molecule has 1 aromatic carbocycles. The zero-order chi connectivity index (χ0) is 27.9. The van der Waals surface area contributed by atoms with Crippen LogP contribution in [0.4, 0.5) is 15.0 Å². The van der Waals surface area contributed by atoms with Gasteiger partial charge in [0, 0.05) is 49.4 Å². The first-order valence-electron chi connectivity index (χ1n) is 13.1. The SMILES string of the molecule is CC(C)n1nccc1-c1cc(F)ccc1Oc1nnc(Cl)nc1N1CC2(CCN(C(=O)OC(C)(C)C)CC2)C1. The van der Waals surface area contributed by atoms with Gasteiger partial charge in [-0.25, -0.2) is 9.18 Å². The number of piperidine rings is 1. The molecule has 2 aromatic heterocycles. The summed E-state index contributed by atoms with van der Waals surface area (Å²) in [6.07, 6.45) is 3.11. The van der Waals surface area contributed by atoms with Crippen LogP contribution in [0, 0.1) is 11.2 Å². The zero-order valence-corrected chi connectivity index (χ0v) is 23.6. The average molecular weight is 558 g/mol. The van der Waals surface area contributed by atoms with Crippen LogP contribution in [0.2, 0.25) is 5.28 Å². The number of amides is 1. The zero-order valence-electron chi connectivity index (χ0n) is 22.8. The fraction of sp³-hybridized carbons (Fsp3) is 0.519. The predicted molar refractivity (Wildman–Crippen MR) is 145 cm³/mol. The molecule has 0 atom stereocenters. The van der Waals surface area contributed by atoms with E-state index in [1.165, 1.54) is 12.1 Å². The normalized spacial score (nSPS) is 16.9. The Hall–Kier alpha value is -3.47. The summed E-state index contributed by atoms with van der Waals surface area (Å²) in [6.45, 7) is 12.3. The summed E-state index contributed by atoms with van der Waals surface area (Å²) >= 11 is 6.13. The number of halogens is 2. The molecule has 0 aliphatic carbocycles. The summed E-state index contributed by atoms with van der Waals surface area (Å²) in [5, 5.41) is 12.5. The molecule has 39 heavy (non-hydrogen) atoms. The Morgan fingerprint density at radius 2 is 1.85 bits per heavy atom. The van der Waals surface area contributed by atoms with Crippen LogP contribution in [0.5, 0.6) is 11.6 Å². The minimum Gasteiger partial charge on any atom is -0.444 e. The van der Waals surface area contributed by atoms with Gasteiger partial charge in [0.05, 0.1) is 5.69 Å². The number of anilines is 1. The van der Waals surface area contributed by atoms with Crippen molar-refractivity contribution in [1.82, 2.24) is 29.9 Å². The minimum absolute atomic E-state index is 0.00950. The number of aromatic nitrogens is 5. The van der Waals surface area contributed by atoms with Crippen molar-refractivity contribution >= 4 is 23.5 Å². The van der Waals surface area contributed by atoms with Crippen molar-refractivity contribution in [2.45, 2.75) is 59.1 Å². The first-order chi connectivity index (χ1) is 18.4. The molecular weight excluding hydrogens is 525 g/mol. The smallest absolute Gasteiger partial charge is 0.410 e. The van der Waals surface area contributed by atoms with Gasteiger partial charge in [-0.1, -0.05) is 0 Å². The summed E-state index contributed by atoms with van der Waals surface area (Å²) in [6, 6.07) is 6.20. The van der Waals surface area contributed by atoms with Crippen LogP contribution in [0.15, 0.2) is 30.5 Å². The Morgan fingerprint density at radius 1 is 1.13 bits per heavy atom. The van der Waals surface area contributed by atoms with E-state index < -0.39 is 11.4 Å². The van der Waals surface area contributed by atoms with Crippen molar-refractivity contribution in [2.75, 3.05) is 31.1 Å². The second-order valence-corrected chi connectivity index (χ2v) is 11.9. The maximum Gasteiger partial charge on any atom is 0.410 e. The Balaban J connectivity index is 1.33. The lowest BCUT2D eigenvalue weighted by Gasteiger charge is -2.54. The van der Waals surface area contributed by atoms with E-state index in [0.717, 1.165) is 31.6 Å². The number of hydrogen-bond donors (Lipinski definition) is 0. The molecule has 2 aliphatic rings. The van der Waals surface area contributed by atoms with Gasteiger partial charge in [-0.15, -0.1) is 10.2 Å². The van der Waals surface area contributed by atoms with E-state index >= 15 is 0 Å². The van der Waals surface area contributed by atoms with Gasteiger partial charge in [0.25, 0.3) is 5.88 Å². The number of hydrogen-bond acceptors (Lipinski definition) is 8. The summed E-state index contributed by atoms with van der Waals surface area (Å²) in [5.74, 6) is 0.669. The topological polar surface area (TPSA) is 98.5 Å². The second kappa shape index (κ2) is 10.3. The molecule has 2 aliphatic heterocycles. The van der Waals surface area contributed by atoms with Gasteiger partial charge in [-0.05, 0) is 83.3 Å². The van der Waals surface area contributed by atoms with E-state index in [9.17, 15) is 9.18 Å². The lowest BCUT2D eigenvalue weighted by atomic mass is 9.72. The maximum atomic E-state index is 14.3. The maximum absolute atomic E-state index is 14.3. The van der Waals surface area contributed by atoms with E-state index in [2.05, 4.69) is 25.2 Å². The second-order valence-electron chi connectivity index (χ2n) is 11.5. The van der Waals surface area contributed by atoms with Crippen molar-refractivity contribution in [3.63, 3.8) is 0 Å². The number of ether oxygens (including phenoxy) is 2. The largest absolute Gasteiger partial charge is 0.444 e. The Labute approximate surface area is 232 Å². The molecule has 2 saturated heterocycles. The van der Waals surface area contributed by atoms with Crippen molar-refractivity contribution in [2.24, 2.45) is 5.41 Å². The first kappa shape index (κ1) is 27.1. The molecule has 0 N–H and O–H groups in total. The van der Waals surface area contributed by atoms with Crippen LogP contribution in [0.3, 0.4) is 0 Å². The van der Waals surface area contributed by atoms with E-state index in [1.807, 2.05) is 40.7 Å². The van der Waals surface area contributed by atoms with Crippen LogP contribution in [-0.4, -0.2) is 67.7 Å². The highest BCUT2D eigenvalue weighted by atomic mass is 35.5. The summed E-state index contributed by atoms with van der Waals surface area (Å²) in [4.78, 5) is 20.7. The molecule has 0 unspecified atom stereocenters. The van der Waals surface area contributed by atoms with Gasteiger partial charge in [-0.3, -0.25) is 4.68 Å². The van der Waals surface area contributed by atoms with Crippen LogP contribution in [-0.2, 0) is 4.74 Å². The number of carbonyl (C=O) groups excluding carboxylic acids is 1. The highest BCUT2D eigenvalue weighted by Gasteiger charge is 2.47. The first-order valence-corrected chi connectivity index (χ1v) is 13.5. The average Bonchev–Trinajstić information content (AvgIpc) is 3.34. The Bertz CT molecular complexity index is 1360.